The minimum absolute atomic E-state index is 0.0300. The molecule has 0 aliphatic heterocycles. The van der Waals surface area contributed by atoms with Gasteiger partial charge < -0.3 is 11.1 Å². The zero-order valence-corrected chi connectivity index (χ0v) is 13.2. The molecule has 0 radical (unpaired) electrons. The normalized spacial score (nSPS) is 10.4. The first kappa shape index (κ1) is 15.4. The van der Waals surface area contributed by atoms with Gasteiger partial charge in [0.25, 0.3) is 0 Å². The average Bonchev–Trinajstić information content (AvgIpc) is 2.47. The molecule has 3 nitrogen and oxygen atoms in total. The molecule has 2 rings (SSSR count). The summed E-state index contributed by atoms with van der Waals surface area (Å²) >= 11 is 1.51. The highest BCUT2D eigenvalue weighted by Gasteiger charge is 2.05. The van der Waals surface area contributed by atoms with E-state index in [0.29, 0.717) is 12.3 Å². The molecule has 1 amide bonds. The molecule has 4 heteroatoms. The molecule has 0 atom stereocenters. The second kappa shape index (κ2) is 7.18. The lowest BCUT2D eigenvalue weighted by molar-refractivity contribution is -0.118. The Morgan fingerprint density at radius 3 is 2.57 bits per heavy atom. The Morgan fingerprint density at radius 2 is 1.86 bits per heavy atom. The number of carbonyl (C=O) groups is 1. The predicted octanol–water partition coefficient (Wildman–Crippen LogP) is 3.29. The van der Waals surface area contributed by atoms with E-state index in [0.717, 1.165) is 21.7 Å². The van der Waals surface area contributed by atoms with Crippen LogP contribution in [0.3, 0.4) is 0 Å². The smallest absolute Gasteiger partial charge is 0.230 e. The number of nitrogen functional groups attached to an aromatic ring is 1. The van der Waals surface area contributed by atoms with Gasteiger partial charge in [-0.15, -0.1) is 11.8 Å². The maximum absolute atomic E-state index is 11.9. The Bertz CT molecular complexity index is 623. The lowest BCUT2D eigenvalue weighted by Gasteiger charge is -2.08. The fraction of sp³-hybridized carbons (Fsp3) is 0.235. The molecule has 3 N–H and O–H groups in total. The first-order valence-electron chi connectivity index (χ1n) is 6.86. The number of hydrogen-bond acceptors (Lipinski definition) is 3. The van der Waals surface area contributed by atoms with Crippen LogP contribution in [0.15, 0.2) is 47.4 Å². The first-order chi connectivity index (χ1) is 10.0. The predicted molar refractivity (Wildman–Crippen MR) is 89.3 cm³/mol. The maximum Gasteiger partial charge on any atom is 0.230 e. The summed E-state index contributed by atoms with van der Waals surface area (Å²) in [5, 5.41) is 2.93. The molecule has 0 aliphatic rings. The zero-order chi connectivity index (χ0) is 15.2. The molecular weight excluding hydrogens is 280 g/mol. The summed E-state index contributed by atoms with van der Waals surface area (Å²) in [5.74, 6) is 0.429. The van der Waals surface area contributed by atoms with Crippen LogP contribution in [0.4, 0.5) is 5.69 Å². The summed E-state index contributed by atoms with van der Waals surface area (Å²) in [6, 6.07) is 13.9. The van der Waals surface area contributed by atoms with Gasteiger partial charge in [0.1, 0.15) is 0 Å². The number of hydrogen-bond donors (Lipinski definition) is 2. The highest BCUT2D eigenvalue weighted by Crippen LogP contribution is 2.24. The van der Waals surface area contributed by atoms with Gasteiger partial charge in [-0.25, -0.2) is 0 Å². The van der Waals surface area contributed by atoms with Crippen molar-refractivity contribution in [2.24, 2.45) is 0 Å². The highest BCUT2D eigenvalue weighted by molar-refractivity contribution is 8.00. The summed E-state index contributed by atoms with van der Waals surface area (Å²) in [6.45, 7) is 4.63. The summed E-state index contributed by atoms with van der Waals surface area (Å²) in [4.78, 5) is 12.9. The van der Waals surface area contributed by atoms with Crippen LogP contribution in [-0.4, -0.2) is 11.7 Å². The van der Waals surface area contributed by atoms with Gasteiger partial charge in [0.2, 0.25) is 5.91 Å². The van der Waals surface area contributed by atoms with Crippen molar-refractivity contribution in [2.45, 2.75) is 25.3 Å². The van der Waals surface area contributed by atoms with Crippen molar-refractivity contribution in [2.75, 3.05) is 11.5 Å². The quantitative estimate of drug-likeness (QED) is 0.658. The third-order valence-electron chi connectivity index (χ3n) is 3.18. The molecule has 0 bridgehead atoms. The van der Waals surface area contributed by atoms with E-state index in [-0.39, 0.29) is 5.91 Å². The van der Waals surface area contributed by atoms with E-state index in [1.165, 1.54) is 17.3 Å². The largest absolute Gasteiger partial charge is 0.399 e. The number of aryl methyl sites for hydroxylation is 2. The molecule has 0 fully saturated rings. The molecule has 0 spiro atoms. The Balaban J connectivity index is 1.82. The van der Waals surface area contributed by atoms with Crippen LogP contribution in [0, 0.1) is 13.8 Å². The molecule has 110 valence electrons. The molecular formula is C17H20N2OS. The topological polar surface area (TPSA) is 55.1 Å². The van der Waals surface area contributed by atoms with Gasteiger partial charge in [-0.05, 0) is 37.1 Å². The Morgan fingerprint density at radius 1 is 1.14 bits per heavy atom. The fourth-order valence-electron chi connectivity index (χ4n) is 1.87. The monoisotopic (exact) mass is 300 g/mol. The van der Waals surface area contributed by atoms with Crippen LogP contribution >= 0.6 is 11.8 Å². The van der Waals surface area contributed by atoms with Gasteiger partial charge >= 0.3 is 0 Å². The molecule has 0 aromatic heterocycles. The average molecular weight is 300 g/mol. The molecule has 0 saturated heterocycles. The summed E-state index contributed by atoms with van der Waals surface area (Å²) in [7, 11) is 0. The lowest BCUT2D eigenvalue weighted by atomic mass is 10.1. The SMILES string of the molecule is Cc1ccc(CNC(=O)CSc2cc(N)ccc2C)cc1. The van der Waals surface area contributed by atoms with Crippen LogP contribution in [0.1, 0.15) is 16.7 Å². The summed E-state index contributed by atoms with van der Waals surface area (Å²) in [6.07, 6.45) is 0. The van der Waals surface area contributed by atoms with Crippen molar-refractivity contribution in [1.82, 2.24) is 5.32 Å². The number of rotatable bonds is 5. The Kier molecular flexibility index (Phi) is 5.28. The standard InChI is InChI=1S/C17H20N2OS/c1-12-3-6-14(7-4-12)10-19-17(20)11-21-16-9-15(18)8-5-13(16)2/h3-9H,10-11,18H2,1-2H3,(H,19,20). The van der Waals surface area contributed by atoms with Crippen molar-refractivity contribution in [3.8, 4) is 0 Å². The number of thioether (sulfide) groups is 1. The van der Waals surface area contributed by atoms with Gasteiger partial charge in [-0.1, -0.05) is 35.9 Å². The second-order valence-electron chi connectivity index (χ2n) is 5.08. The summed E-state index contributed by atoms with van der Waals surface area (Å²) in [5.41, 5.74) is 9.96. The number of nitrogens with one attached hydrogen (secondary N) is 1. The Labute approximate surface area is 129 Å². The fourth-order valence-corrected chi connectivity index (χ4v) is 2.78. The van der Waals surface area contributed by atoms with E-state index >= 15 is 0 Å². The van der Waals surface area contributed by atoms with E-state index < -0.39 is 0 Å². The molecule has 0 heterocycles. The first-order valence-corrected chi connectivity index (χ1v) is 7.84. The van der Waals surface area contributed by atoms with Crippen LogP contribution in [0.5, 0.6) is 0 Å². The van der Waals surface area contributed by atoms with Crippen molar-refractivity contribution in [1.29, 1.82) is 0 Å². The third kappa shape index (κ3) is 4.83. The molecule has 2 aromatic carbocycles. The van der Waals surface area contributed by atoms with Crippen molar-refractivity contribution in [3.63, 3.8) is 0 Å². The van der Waals surface area contributed by atoms with Crippen molar-refractivity contribution >= 4 is 23.4 Å². The lowest BCUT2D eigenvalue weighted by Crippen LogP contribution is -2.24. The zero-order valence-electron chi connectivity index (χ0n) is 12.3. The van der Waals surface area contributed by atoms with Crippen LogP contribution in [0.25, 0.3) is 0 Å². The molecule has 0 saturated carbocycles. The van der Waals surface area contributed by atoms with E-state index in [1.807, 2.05) is 56.3 Å². The second-order valence-corrected chi connectivity index (χ2v) is 6.09. The minimum atomic E-state index is 0.0300. The molecule has 21 heavy (non-hydrogen) atoms. The maximum atomic E-state index is 11.9. The van der Waals surface area contributed by atoms with Gasteiger partial charge in [-0.3, -0.25) is 4.79 Å². The van der Waals surface area contributed by atoms with Gasteiger partial charge in [-0.2, -0.15) is 0 Å². The molecule has 0 unspecified atom stereocenters. The van der Waals surface area contributed by atoms with Crippen LogP contribution in [-0.2, 0) is 11.3 Å². The molecule has 0 aliphatic carbocycles. The Hall–Kier alpha value is -1.94. The minimum Gasteiger partial charge on any atom is -0.399 e. The number of nitrogens with two attached hydrogens (primary N) is 1. The third-order valence-corrected chi connectivity index (χ3v) is 4.34. The van der Waals surface area contributed by atoms with Crippen LogP contribution < -0.4 is 11.1 Å². The van der Waals surface area contributed by atoms with E-state index in [1.54, 1.807) is 0 Å². The van der Waals surface area contributed by atoms with Gasteiger partial charge in [0, 0.05) is 17.1 Å². The number of carbonyl (C=O) groups excluding carboxylic acids is 1. The van der Waals surface area contributed by atoms with E-state index in [2.05, 4.69) is 5.32 Å². The van der Waals surface area contributed by atoms with E-state index in [4.69, 9.17) is 5.73 Å². The van der Waals surface area contributed by atoms with Crippen molar-refractivity contribution in [3.05, 3.63) is 59.2 Å². The number of anilines is 1. The molecule has 2 aromatic rings. The van der Waals surface area contributed by atoms with Crippen LogP contribution in [0.2, 0.25) is 0 Å². The highest BCUT2D eigenvalue weighted by atomic mass is 32.2. The number of amides is 1. The van der Waals surface area contributed by atoms with E-state index in [9.17, 15) is 4.79 Å². The summed E-state index contributed by atoms with van der Waals surface area (Å²) < 4.78 is 0. The number of benzene rings is 2. The van der Waals surface area contributed by atoms with Gasteiger partial charge in [0.15, 0.2) is 0 Å². The van der Waals surface area contributed by atoms with Crippen molar-refractivity contribution < 1.29 is 4.79 Å². The van der Waals surface area contributed by atoms with Gasteiger partial charge in [0.05, 0.1) is 5.75 Å².